The number of ketones is 1. The maximum atomic E-state index is 12.4. The Morgan fingerprint density at radius 1 is 1.10 bits per heavy atom. The smallest absolute Gasteiger partial charge is 0.186 e. The summed E-state index contributed by atoms with van der Waals surface area (Å²) in [6.45, 7) is 3.16. The Kier molecular flexibility index (Phi) is 5.58. The van der Waals surface area contributed by atoms with Crippen molar-refractivity contribution in [3.63, 3.8) is 0 Å². The predicted molar refractivity (Wildman–Crippen MR) is 110 cm³/mol. The second-order valence-electron chi connectivity index (χ2n) is 6.51. The third-order valence-corrected chi connectivity index (χ3v) is 4.91. The Balaban J connectivity index is 1.39. The van der Waals surface area contributed by atoms with E-state index < -0.39 is 0 Å². The van der Waals surface area contributed by atoms with E-state index >= 15 is 0 Å². The van der Waals surface area contributed by atoms with Crippen LogP contribution >= 0.6 is 11.6 Å². The number of carbonyl (C=O) groups is 1. The van der Waals surface area contributed by atoms with Gasteiger partial charge >= 0.3 is 0 Å². The highest BCUT2D eigenvalue weighted by Crippen LogP contribution is 2.31. The first-order valence-electron chi connectivity index (χ1n) is 9.19. The molecule has 0 aliphatic carbocycles. The van der Waals surface area contributed by atoms with Crippen molar-refractivity contribution < 1.29 is 23.4 Å². The van der Waals surface area contributed by atoms with Gasteiger partial charge in [0.25, 0.3) is 0 Å². The van der Waals surface area contributed by atoms with Crippen molar-refractivity contribution >= 4 is 23.5 Å². The van der Waals surface area contributed by atoms with Gasteiger partial charge in [-0.2, -0.15) is 0 Å². The van der Waals surface area contributed by atoms with Crippen LogP contribution in [-0.2, 0) is 6.61 Å². The van der Waals surface area contributed by atoms with Gasteiger partial charge in [-0.25, -0.2) is 0 Å². The summed E-state index contributed by atoms with van der Waals surface area (Å²) in [5.41, 5.74) is 1.41. The van der Waals surface area contributed by atoms with Crippen molar-refractivity contribution in [2.45, 2.75) is 13.5 Å². The van der Waals surface area contributed by atoms with Gasteiger partial charge in [0.2, 0.25) is 0 Å². The molecule has 1 aliphatic heterocycles. The summed E-state index contributed by atoms with van der Waals surface area (Å²) in [6, 6.07) is 14.3. The molecule has 0 atom stereocenters. The van der Waals surface area contributed by atoms with Crippen molar-refractivity contribution in [1.82, 2.24) is 0 Å². The fourth-order valence-corrected chi connectivity index (χ4v) is 3.07. The molecule has 0 spiro atoms. The summed E-state index contributed by atoms with van der Waals surface area (Å²) >= 11 is 6.10. The van der Waals surface area contributed by atoms with Crippen LogP contribution in [0.3, 0.4) is 0 Å². The van der Waals surface area contributed by atoms with Crippen molar-refractivity contribution in [1.29, 1.82) is 0 Å². The number of carbonyl (C=O) groups excluding carboxylic acids is 1. The molecule has 1 aromatic heterocycles. The van der Waals surface area contributed by atoms with Crippen molar-refractivity contribution in [2.75, 3.05) is 13.2 Å². The van der Waals surface area contributed by atoms with Crippen LogP contribution in [-0.4, -0.2) is 19.0 Å². The lowest BCUT2D eigenvalue weighted by molar-refractivity contribution is 0.104. The fourth-order valence-electron chi connectivity index (χ4n) is 2.91. The van der Waals surface area contributed by atoms with Crippen LogP contribution in [0.1, 0.15) is 27.4 Å². The van der Waals surface area contributed by atoms with Crippen LogP contribution in [0.25, 0.3) is 6.08 Å². The van der Waals surface area contributed by atoms with E-state index in [2.05, 4.69) is 0 Å². The summed E-state index contributed by atoms with van der Waals surface area (Å²) in [5.74, 6) is 3.02. The second kappa shape index (κ2) is 8.45. The normalized spacial score (nSPS) is 12.9. The number of hydrogen-bond donors (Lipinski definition) is 0. The Labute approximate surface area is 173 Å². The molecule has 0 radical (unpaired) electrons. The first-order valence-corrected chi connectivity index (χ1v) is 9.56. The average Bonchev–Trinajstić information content (AvgIpc) is 3.20. The zero-order valence-electron chi connectivity index (χ0n) is 15.8. The zero-order chi connectivity index (χ0) is 20.2. The van der Waals surface area contributed by atoms with Gasteiger partial charge in [-0.15, -0.1) is 0 Å². The molecule has 0 unspecified atom stereocenters. The van der Waals surface area contributed by atoms with Gasteiger partial charge in [0.15, 0.2) is 17.3 Å². The maximum absolute atomic E-state index is 12.4. The van der Waals surface area contributed by atoms with E-state index in [1.165, 1.54) is 6.08 Å². The minimum atomic E-state index is -0.147. The van der Waals surface area contributed by atoms with Crippen LogP contribution in [0.4, 0.5) is 0 Å². The van der Waals surface area contributed by atoms with Gasteiger partial charge in [-0.3, -0.25) is 4.79 Å². The van der Waals surface area contributed by atoms with Crippen LogP contribution in [0.5, 0.6) is 17.2 Å². The first-order chi connectivity index (χ1) is 14.1. The molecule has 0 N–H and O–H groups in total. The third-order valence-electron chi connectivity index (χ3n) is 4.50. The standard InChI is InChI=1S/C23H19ClO5/c1-15-19(24)3-2-4-21(15)28-14-18-7-6-17(29-18)8-9-20(25)16-5-10-22-23(13-16)27-12-11-26-22/h2-10,13H,11-12,14H2,1H3/b9-8+. The molecule has 0 fully saturated rings. The summed E-state index contributed by atoms with van der Waals surface area (Å²) in [4.78, 5) is 12.4. The SMILES string of the molecule is Cc1c(Cl)cccc1OCc1ccc(/C=C/C(=O)c2ccc3c(c2)OCCO3)o1. The molecule has 5 nitrogen and oxygen atoms in total. The number of benzene rings is 2. The molecule has 29 heavy (non-hydrogen) atoms. The lowest BCUT2D eigenvalue weighted by atomic mass is 10.1. The van der Waals surface area contributed by atoms with Crippen LogP contribution in [0.2, 0.25) is 5.02 Å². The first kappa shape index (κ1) is 19.2. The van der Waals surface area contributed by atoms with Crippen LogP contribution in [0.15, 0.2) is 59.0 Å². The fraction of sp³-hybridized carbons (Fsp3) is 0.174. The minimum Gasteiger partial charge on any atom is -0.486 e. The number of halogens is 1. The Morgan fingerprint density at radius 2 is 1.93 bits per heavy atom. The molecule has 2 aromatic carbocycles. The molecule has 4 rings (SSSR count). The molecular formula is C23H19ClO5. The number of allylic oxidation sites excluding steroid dienone is 1. The van der Waals surface area contributed by atoms with Crippen molar-refractivity contribution in [3.05, 3.63) is 82.3 Å². The van der Waals surface area contributed by atoms with E-state index in [-0.39, 0.29) is 12.4 Å². The van der Waals surface area contributed by atoms with Gasteiger partial charge < -0.3 is 18.6 Å². The largest absolute Gasteiger partial charge is 0.486 e. The predicted octanol–water partition coefficient (Wildman–Crippen LogP) is 5.49. The lowest BCUT2D eigenvalue weighted by Gasteiger charge is -2.18. The maximum Gasteiger partial charge on any atom is 0.186 e. The molecule has 1 aliphatic rings. The number of fused-ring (bicyclic) bond motifs is 1. The summed E-state index contributed by atoms with van der Waals surface area (Å²) in [7, 11) is 0. The Bertz CT molecular complexity index is 1070. The molecule has 6 heteroatoms. The number of rotatable bonds is 6. The molecule has 3 aromatic rings. The second-order valence-corrected chi connectivity index (χ2v) is 6.92. The highest BCUT2D eigenvalue weighted by Gasteiger charge is 2.14. The lowest BCUT2D eigenvalue weighted by Crippen LogP contribution is -2.15. The molecule has 148 valence electrons. The molecule has 0 saturated carbocycles. The molecule has 0 bridgehead atoms. The van der Waals surface area contributed by atoms with Gasteiger partial charge in [0.1, 0.15) is 37.1 Å². The van der Waals surface area contributed by atoms with Crippen molar-refractivity contribution in [3.8, 4) is 17.2 Å². The van der Waals surface area contributed by atoms with Gasteiger partial charge in [-0.05, 0) is 61.5 Å². The topological polar surface area (TPSA) is 57.9 Å². The number of hydrogen-bond acceptors (Lipinski definition) is 5. The highest BCUT2D eigenvalue weighted by atomic mass is 35.5. The average molecular weight is 411 g/mol. The summed E-state index contributed by atoms with van der Waals surface area (Å²) in [5, 5.41) is 0.656. The van der Waals surface area contributed by atoms with E-state index in [1.54, 1.807) is 30.3 Å². The minimum absolute atomic E-state index is 0.147. The molecule has 2 heterocycles. The van der Waals surface area contributed by atoms with E-state index in [0.717, 1.165) is 5.56 Å². The third kappa shape index (κ3) is 4.46. The molecular weight excluding hydrogens is 392 g/mol. The summed E-state index contributed by atoms with van der Waals surface area (Å²) in [6.07, 6.45) is 3.10. The highest BCUT2D eigenvalue weighted by molar-refractivity contribution is 6.31. The van der Waals surface area contributed by atoms with Gasteiger partial charge in [0.05, 0.1) is 0 Å². The Morgan fingerprint density at radius 3 is 2.79 bits per heavy atom. The Hall–Kier alpha value is -3.18. The number of ether oxygens (including phenoxy) is 3. The van der Waals surface area contributed by atoms with Gasteiger partial charge in [-0.1, -0.05) is 17.7 Å². The summed E-state index contributed by atoms with van der Waals surface area (Å²) < 4.78 is 22.5. The monoisotopic (exact) mass is 410 g/mol. The van der Waals surface area contributed by atoms with Crippen LogP contribution < -0.4 is 14.2 Å². The quantitative estimate of drug-likeness (QED) is 0.397. The van der Waals surface area contributed by atoms with E-state index in [0.29, 0.717) is 52.6 Å². The van der Waals surface area contributed by atoms with E-state index in [4.69, 9.17) is 30.2 Å². The van der Waals surface area contributed by atoms with Gasteiger partial charge in [0, 0.05) is 16.1 Å². The van der Waals surface area contributed by atoms with E-state index in [9.17, 15) is 4.79 Å². The molecule has 0 saturated heterocycles. The van der Waals surface area contributed by atoms with E-state index in [1.807, 2.05) is 31.2 Å². The van der Waals surface area contributed by atoms with Crippen molar-refractivity contribution in [2.24, 2.45) is 0 Å². The molecule has 0 amide bonds. The number of furan rings is 1. The zero-order valence-corrected chi connectivity index (χ0v) is 16.6. The van der Waals surface area contributed by atoms with Crippen LogP contribution in [0, 0.1) is 6.92 Å².